The van der Waals surface area contributed by atoms with Crippen LogP contribution < -0.4 is 0 Å². The molecule has 0 radical (unpaired) electrons. The second-order valence-corrected chi connectivity index (χ2v) is 5.49. The first-order valence-corrected chi connectivity index (χ1v) is 5.84. The lowest BCUT2D eigenvalue weighted by Gasteiger charge is -2.26. The Morgan fingerprint density at radius 2 is 1.93 bits per heavy atom. The summed E-state index contributed by atoms with van der Waals surface area (Å²) < 4.78 is -1.29. The molecule has 6 heteroatoms. The van der Waals surface area contributed by atoms with Gasteiger partial charge in [-0.2, -0.15) is 0 Å². The first-order valence-electron chi connectivity index (χ1n) is 4.21. The molecule has 1 N–H and O–H groups in total. The lowest BCUT2D eigenvalue weighted by Crippen LogP contribution is -2.38. The third-order valence-electron chi connectivity index (χ3n) is 1.76. The topological polar surface area (TPSA) is 37.3 Å². The Hall–Kier alpha value is 0.630. The minimum Gasteiger partial charge on any atom is -0.480 e. The van der Waals surface area contributed by atoms with Crippen molar-refractivity contribution < 1.29 is 9.90 Å². The van der Waals surface area contributed by atoms with Gasteiger partial charge in [-0.1, -0.05) is 43.0 Å². The predicted octanol–water partition coefficient (Wildman–Crippen LogP) is 3.65. The van der Waals surface area contributed by atoms with Gasteiger partial charge in [-0.05, 0) is 6.42 Å². The van der Waals surface area contributed by atoms with Gasteiger partial charge in [-0.15, -0.1) is 23.2 Å². The summed E-state index contributed by atoms with van der Waals surface area (Å²) >= 11 is 23.1. The van der Waals surface area contributed by atoms with Crippen LogP contribution in [0.3, 0.4) is 0 Å². The fourth-order valence-corrected chi connectivity index (χ4v) is 1.97. The monoisotopic (exact) mass is 280 g/mol. The number of unbranched alkanes of at least 4 members (excludes halogenated alkanes) is 1. The summed E-state index contributed by atoms with van der Waals surface area (Å²) in [6.07, 6.45) is 2.11. The SMILES string of the molecule is CCCCC(Cl)(Cl)C(Cl)C(Cl)C(=O)O. The highest BCUT2D eigenvalue weighted by Crippen LogP contribution is 2.37. The van der Waals surface area contributed by atoms with E-state index < -0.39 is 21.1 Å². The summed E-state index contributed by atoms with van der Waals surface area (Å²) in [5.41, 5.74) is 0. The second-order valence-electron chi connectivity index (χ2n) is 3.01. The van der Waals surface area contributed by atoms with Crippen molar-refractivity contribution >= 4 is 52.4 Å². The lowest BCUT2D eigenvalue weighted by atomic mass is 10.1. The molecule has 0 aliphatic heterocycles. The quantitative estimate of drug-likeness (QED) is 0.755. The van der Waals surface area contributed by atoms with Crippen LogP contribution in [-0.4, -0.2) is 26.2 Å². The van der Waals surface area contributed by atoms with Gasteiger partial charge < -0.3 is 5.11 Å². The average molecular weight is 282 g/mol. The van der Waals surface area contributed by atoms with Crippen LogP contribution in [0.15, 0.2) is 0 Å². The van der Waals surface area contributed by atoms with Crippen molar-refractivity contribution in [3.05, 3.63) is 0 Å². The third kappa shape index (κ3) is 4.43. The lowest BCUT2D eigenvalue weighted by molar-refractivity contribution is -0.136. The molecule has 14 heavy (non-hydrogen) atoms. The zero-order valence-electron chi connectivity index (χ0n) is 7.64. The Morgan fingerprint density at radius 3 is 2.29 bits per heavy atom. The number of halogens is 4. The first kappa shape index (κ1) is 14.6. The Bertz CT molecular complexity index is 196. The third-order valence-corrected chi connectivity index (χ3v) is 4.02. The molecule has 0 saturated carbocycles. The molecule has 2 nitrogen and oxygen atoms in total. The maximum absolute atomic E-state index is 10.5. The first-order chi connectivity index (χ1) is 6.33. The van der Waals surface area contributed by atoms with Crippen LogP contribution in [0.2, 0.25) is 0 Å². The smallest absolute Gasteiger partial charge is 0.323 e. The van der Waals surface area contributed by atoms with Crippen molar-refractivity contribution in [3.8, 4) is 0 Å². The van der Waals surface area contributed by atoms with Gasteiger partial charge in [-0.3, -0.25) is 4.79 Å². The van der Waals surface area contributed by atoms with E-state index in [9.17, 15) is 4.79 Å². The van der Waals surface area contributed by atoms with E-state index in [1.165, 1.54) is 0 Å². The van der Waals surface area contributed by atoms with Crippen molar-refractivity contribution in [2.24, 2.45) is 0 Å². The summed E-state index contributed by atoms with van der Waals surface area (Å²) in [5, 5.41) is 6.33. The fourth-order valence-electron chi connectivity index (χ4n) is 0.890. The van der Waals surface area contributed by atoms with E-state index in [0.717, 1.165) is 12.8 Å². The number of carbonyl (C=O) groups is 1. The van der Waals surface area contributed by atoms with Crippen molar-refractivity contribution in [1.82, 2.24) is 0 Å². The number of aliphatic carboxylic acids is 1. The van der Waals surface area contributed by atoms with Crippen LogP contribution >= 0.6 is 46.4 Å². The number of carboxylic acid groups (broad SMARTS) is 1. The largest absolute Gasteiger partial charge is 0.480 e. The van der Waals surface area contributed by atoms with Crippen LogP contribution in [-0.2, 0) is 4.79 Å². The molecule has 0 aliphatic rings. The molecule has 0 spiro atoms. The zero-order chi connectivity index (χ0) is 11.4. The Kier molecular flexibility index (Phi) is 6.55. The standard InChI is InChI=1S/C8H12Cl4O2/c1-2-3-4-8(11,12)6(10)5(9)7(13)14/h5-6H,2-4H2,1H3,(H,13,14). The Morgan fingerprint density at radius 1 is 1.43 bits per heavy atom. The van der Waals surface area contributed by atoms with E-state index in [-0.39, 0.29) is 0 Å². The molecule has 0 aliphatic carbocycles. The van der Waals surface area contributed by atoms with Gasteiger partial charge in [0.25, 0.3) is 0 Å². The predicted molar refractivity (Wildman–Crippen MR) is 60.9 cm³/mol. The maximum atomic E-state index is 10.5. The van der Waals surface area contributed by atoms with Crippen molar-refractivity contribution in [2.45, 2.75) is 41.3 Å². The van der Waals surface area contributed by atoms with Gasteiger partial charge in [0.05, 0.1) is 5.38 Å². The molecular formula is C8H12Cl4O2. The van der Waals surface area contributed by atoms with E-state index in [0.29, 0.717) is 6.42 Å². The van der Waals surface area contributed by atoms with E-state index in [1.807, 2.05) is 6.92 Å². The molecule has 0 aromatic heterocycles. The molecule has 0 fully saturated rings. The second kappa shape index (κ2) is 6.26. The molecule has 0 bridgehead atoms. The van der Waals surface area contributed by atoms with Crippen LogP contribution in [0.25, 0.3) is 0 Å². The van der Waals surface area contributed by atoms with Crippen molar-refractivity contribution in [3.63, 3.8) is 0 Å². The normalized spacial score (nSPS) is 16.4. The molecule has 2 unspecified atom stereocenters. The zero-order valence-corrected chi connectivity index (χ0v) is 10.7. The Labute approximate surface area is 103 Å². The highest BCUT2D eigenvalue weighted by atomic mass is 35.5. The minimum atomic E-state index is -1.29. The van der Waals surface area contributed by atoms with Crippen LogP contribution in [0.5, 0.6) is 0 Å². The molecule has 0 aromatic carbocycles. The molecular weight excluding hydrogens is 270 g/mol. The molecule has 0 heterocycles. The van der Waals surface area contributed by atoms with E-state index in [4.69, 9.17) is 51.5 Å². The molecule has 0 rings (SSSR count). The number of hydrogen-bond donors (Lipinski definition) is 1. The summed E-state index contributed by atoms with van der Waals surface area (Å²) in [6.45, 7) is 1.97. The highest BCUT2D eigenvalue weighted by molar-refractivity contribution is 6.54. The molecule has 84 valence electrons. The summed E-state index contributed by atoms with van der Waals surface area (Å²) in [5.74, 6) is -1.21. The molecule has 2 atom stereocenters. The van der Waals surface area contributed by atoms with Crippen molar-refractivity contribution in [2.75, 3.05) is 0 Å². The fraction of sp³-hybridized carbons (Fsp3) is 0.875. The van der Waals surface area contributed by atoms with Gasteiger partial charge >= 0.3 is 5.97 Å². The molecule has 0 saturated heterocycles. The number of hydrogen-bond acceptors (Lipinski definition) is 1. The summed E-state index contributed by atoms with van der Waals surface area (Å²) in [7, 11) is 0. The van der Waals surface area contributed by atoms with E-state index >= 15 is 0 Å². The summed E-state index contributed by atoms with van der Waals surface area (Å²) in [4.78, 5) is 10.5. The van der Waals surface area contributed by atoms with E-state index in [2.05, 4.69) is 0 Å². The van der Waals surface area contributed by atoms with Gasteiger partial charge in [0, 0.05) is 0 Å². The summed E-state index contributed by atoms with van der Waals surface area (Å²) in [6, 6.07) is 0. The number of rotatable bonds is 6. The highest BCUT2D eigenvalue weighted by Gasteiger charge is 2.40. The number of carboxylic acids is 1. The molecule has 0 amide bonds. The van der Waals surface area contributed by atoms with Gasteiger partial charge in [-0.25, -0.2) is 0 Å². The average Bonchev–Trinajstić information content (AvgIpc) is 2.12. The van der Waals surface area contributed by atoms with Gasteiger partial charge in [0.2, 0.25) is 0 Å². The molecule has 0 aromatic rings. The minimum absolute atomic E-state index is 0.428. The van der Waals surface area contributed by atoms with E-state index in [1.54, 1.807) is 0 Å². The van der Waals surface area contributed by atoms with Gasteiger partial charge in [0.1, 0.15) is 9.71 Å². The number of alkyl halides is 4. The van der Waals surface area contributed by atoms with Crippen LogP contribution in [0, 0.1) is 0 Å². The van der Waals surface area contributed by atoms with Crippen LogP contribution in [0.1, 0.15) is 26.2 Å². The van der Waals surface area contributed by atoms with Gasteiger partial charge in [0.15, 0.2) is 0 Å². The van der Waals surface area contributed by atoms with Crippen molar-refractivity contribution in [1.29, 1.82) is 0 Å². The Balaban J connectivity index is 4.32. The van der Waals surface area contributed by atoms with Crippen LogP contribution in [0.4, 0.5) is 0 Å². The maximum Gasteiger partial charge on any atom is 0.323 e.